The van der Waals surface area contributed by atoms with Crippen molar-refractivity contribution in [3.05, 3.63) is 65.5 Å². The van der Waals surface area contributed by atoms with E-state index in [1.807, 2.05) is 25.5 Å². The molecule has 0 N–H and O–H groups in total. The van der Waals surface area contributed by atoms with Gasteiger partial charge in [-0.2, -0.15) is 0 Å². The van der Waals surface area contributed by atoms with Gasteiger partial charge in [0.25, 0.3) is 0 Å². The highest BCUT2D eigenvalue weighted by Gasteiger charge is 2.32. The van der Waals surface area contributed by atoms with Crippen LogP contribution in [0.2, 0.25) is 0 Å². The lowest BCUT2D eigenvalue weighted by Crippen LogP contribution is -2.35. The van der Waals surface area contributed by atoms with Crippen molar-refractivity contribution in [1.82, 2.24) is 19.9 Å². The highest BCUT2D eigenvalue weighted by Crippen LogP contribution is 2.39. The summed E-state index contributed by atoms with van der Waals surface area (Å²) in [6.07, 6.45) is 13.1. The van der Waals surface area contributed by atoms with Gasteiger partial charge in [0, 0.05) is 37.3 Å². The first-order chi connectivity index (χ1) is 13.6. The Kier molecular flexibility index (Phi) is 7.04. The Morgan fingerprint density at radius 3 is 2.68 bits per heavy atom. The van der Waals surface area contributed by atoms with Crippen molar-refractivity contribution in [2.75, 3.05) is 14.1 Å². The lowest BCUT2D eigenvalue weighted by Gasteiger charge is -2.39. The summed E-state index contributed by atoms with van der Waals surface area (Å²) >= 11 is 0. The molecule has 28 heavy (non-hydrogen) atoms. The van der Waals surface area contributed by atoms with E-state index >= 15 is 0 Å². The van der Waals surface area contributed by atoms with E-state index in [9.17, 15) is 0 Å². The summed E-state index contributed by atoms with van der Waals surface area (Å²) < 4.78 is 0. The maximum Gasteiger partial charge on any atom is 0.145 e. The van der Waals surface area contributed by atoms with Crippen LogP contribution in [0.25, 0.3) is 0 Å². The number of piperidine rings is 1. The molecular weight excluding hydrogens is 346 g/mol. The molecule has 0 bridgehead atoms. The summed E-state index contributed by atoms with van der Waals surface area (Å²) in [4.78, 5) is 20.9. The molecule has 2 atom stereocenters. The fourth-order valence-corrected chi connectivity index (χ4v) is 3.93. The van der Waals surface area contributed by atoms with Gasteiger partial charge in [-0.3, -0.25) is 14.9 Å². The molecule has 148 valence electrons. The van der Waals surface area contributed by atoms with Gasteiger partial charge in [-0.25, -0.2) is 9.97 Å². The zero-order valence-electron chi connectivity index (χ0n) is 17.5. The number of aliphatic imine (C=N–C) groups is 1. The van der Waals surface area contributed by atoms with Gasteiger partial charge in [-0.15, -0.1) is 0 Å². The largest absolute Gasteiger partial charge is 0.293 e. The van der Waals surface area contributed by atoms with Crippen LogP contribution >= 0.6 is 0 Å². The Morgan fingerprint density at radius 2 is 1.96 bits per heavy atom. The standard InChI is InChI=1S/C23H31N5/c1-5-6-9-18(24-3)16-19-13-12-17(2)22(27-19)20-10-7-11-21(28(20)4)23-25-14-8-15-26-23/h6,8-9,12-15,20-21H,5,7,10-11,16H2,1-4H3/b9-6-,24-18?. The average molecular weight is 378 g/mol. The number of pyridine rings is 1. The Labute approximate surface area is 168 Å². The zero-order chi connectivity index (χ0) is 19.9. The van der Waals surface area contributed by atoms with Gasteiger partial charge in [0.1, 0.15) is 5.82 Å². The molecule has 5 nitrogen and oxygen atoms in total. The van der Waals surface area contributed by atoms with Crippen LogP contribution in [0.3, 0.4) is 0 Å². The predicted octanol–water partition coefficient (Wildman–Crippen LogP) is 4.66. The van der Waals surface area contributed by atoms with Gasteiger partial charge in [0.05, 0.1) is 17.8 Å². The van der Waals surface area contributed by atoms with Crippen molar-refractivity contribution >= 4 is 5.71 Å². The zero-order valence-corrected chi connectivity index (χ0v) is 17.5. The van der Waals surface area contributed by atoms with Gasteiger partial charge in [0.15, 0.2) is 0 Å². The van der Waals surface area contributed by atoms with Crippen molar-refractivity contribution < 1.29 is 0 Å². The van der Waals surface area contributed by atoms with Crippen LogP contribution in [0.5, 0.6) is 0 Å². The van der Waals surface area contributed by atoms with E-state index in [0.29, 0.717) is 0 Å². The molecule has 2 aromatic rings. The molecule has 0 amide bonds. The van der Waals surface area contributed by atoms with E-state index < -0.39 is 0 Å². The van der Waals surface area contributed by atoms with E-state index in [1.165, 1.54) is 11.3 Å². The van der Waals surface area contributed by atoms with Crippen LogP contribution in [-0.4, -0.2) is 39.7 Å². The number of aryl methyl sites for hydroxylation is 1. The van der Waals surface area contributed by atoms with E-state index in [1.54, 1.807) is 0 Å². The number of rotatable bonds is 6. The second-order valence-corrected chi connectivity index (χ2v) is 7.44. The van der Waals surface area contributed by atoms with E-state index in [2.05, 4.69) is 65.0 Å². The molecule has 3 rings (SSSR count). The second kappa shape index (κ2) is 9.69. The van der Waals surface area contributed by atoms with E-state index in [0.717, 1.165) is 49.3 Å². The van der Waals surface area contributed by atoms with Gasteiger partial charge in [-0.1, -0.05) is 19.1 Å². The Bertz CT molecular complexity index is 828. The molecule has 0 saturated carbocycles. The summed E-state index contributed by atoms with van der Waals surface area (Å²) in [6, 6.07) is 6.73. The highest BCUT2D eigenvalue weighted by molar-refractivity contribution is 5.96. The molecule has 0 radical (unpaired) electrons. The molecular formula is C23H31N5. The van der Waals surface area contributed by atoms with Gasteiger partial charge in [0.2, 0.25) is 0 Å². The number of likely N-dealkylation sites (tertiary alicyclic amines) is 1. The third-order valence-corrected chi connectivity index (χ3v) is 5.53. The fourth-order valence-electron chi connectivity index (χ4n) is 3.93. The third-order valence-electron chi connectivity index (χ3n) is 5.53. The average Bonchev–Trinajstić information content (AvgIpc) is 2.73. The van der Waals surface area contributed by atoms with Crippen LogP contribution in [-0.2, 0) is 6.42 Å². The van der Waals surface area contributed by atoms with E-state index in [-0.39, 0.29) is 12.1 Å². The van der Waals surface area contributed by atoms with Crippen LogP contribution in [0.15, 0.2) is 47.7 Å². The molecule has 2 aromatic heterocycles. The SMILES string of the molecule is CC/C=C\C(Cc1ccc(C)c(C2CCCC(c3ncccn3)N2C)n1)=NC. The fraction of sp³-hybridized carbons (Fsp3) is 0.478. The number of allylic oxidation sites excluding steroid dienone is 2. The Hall–Kier alpha value is -2.40. The topological polar surface area (TPSA) is 54.3 Å². The highest BCUT2D eigenvalue weighted by atomic mass is 15.2. The molecule has 1 fully saturated rings. The molecule has 1 aliphatic rings. The molecule has 5 heteroatoms. The first-order valence-electron chi connectivity index (χ1n) is 10.2. The molecule has 0 aliphatic carbocycles. The summed E-state index contributed by atoms with van der Waals surface area (Å²) in [6.45, 7) is 4.30. The summed E-state index contributed by atoms with van der Waals surface area (Å²) in [5, 5.41) is 0. The van der Waals surface area contributed by atoms with Crippen molar-refractivity contribution in [2.45, 2.75) is 58.0 Å². The minimum Gasteiger partial charge on any atom is -0.293 e. The Morgan fingerprint density at radius 1 is 1.21 bits per heavy atom. The Balaban J connectivity index is 1.85. The summed E-state index contributed by atoms with van der Waals surface area (Å²) in [7, 11) is 4.03. The number of hydrogen-bond acceptors (Lipinski definition) is 5. The lowest BCUT2D eigenvalue weighted by molar-refractivity contribution is 0.106. The lowest BCUT2D eigenvalue weighted by atomic mass is 9.91. The first-order valence-corrected chi connectivity index (χ1v) is 10.2. The van der Waals surface area contributed by atoms with Gasteiger partial charge in [-0.05, 0) is 63.4 Å². The molecule has 0 aromatic carbocycles. The minimum absolute atomic E-state index is 0.241. The van der Waals surface area contributed by atoms with Crippen LogP contribution in [0.1, 0.15) is 67.5 Å². The molecule has 0 spiro atoms. The smallest absolute Gasteiger partial charge is 0.145 e. The number of hydrogen-bond donors (Lipinski definition) is 0. The minimum atomic E-state index is 0.241. The van der Waals surface area contributed by atoms with Crippen molar-refractivity contribution in [2.24, 2.45) is 4.99 Å². The first kappa shape index (κ1) is 20.3. The maximum absolute atomic E-state index is 5.07. The second-order valence-electron chi connectivity index (χ2n) is 7.44. The third kappa shape index (κ3) is 4.71. The number of nitrogens with zero attached hydrogens (tertiary/aromatic N) is 5. The van der Waals surface area contributed by atoms with Crippen LogP contribution in [0, 0.1) is 6.92 Å². The van der Waals surface area contributed by atoms with Crippen molar-refractivity contribution in [3.8, 4) is 0 Å². The monoisotopic (exact) mass is 377 g/mol. The van der Waals surface area contributed by atoms with E-state index in [4.69, 9.17) is 4.98 Å². The van der Waals surface area contributed by atoms with Crippen molar-refractivity contribution in [1.29, 1.82) is 0 Å². The molecule has 1 saturated heterocycles. The van der Waals surface area contributed by atoms with Crippen LogP contribution in [0.4, 0.5) is 0 Å². The van der Waals surface area contributed by atoms with Gasteiger partial charge >= 0.3 is 0 Å². The van der Waals surface area contributed by atoms with Crippen LogP contribution < -0.4 is 0 Å². The molecule has 3 heterocycles. The number of aromatic nitrogens is 3. The summed E-state index contributed by atoms with van der Waals surface area (Å²) in [5.41, 5.74) is 4.56. The molecule has 1 aliphatic heterocycles. The summed E-state index contributed by atoms with van der Waals surface area (Å²) in [5.74, 6) is 0.911. The molecule has 2 unspecified atom stereocenters. The van der Waals surface area contributed by atoms with Crippen molar-refractivity contribution in [3.63, 3.8) is 0 Å². The maximum atomic E-state index is 5.07. The quantitative estimate of drug-likeness (QED) is 0.687. The normalized spacial score (nSPS) is 21.4. The predicted molar refractivity (Wildman–Crippen MR) is 115 cm³/mol. The van der Waals surface area contributed by atoms with Gasteiger partial charge < -0.3 is 0 Å².